The van der Waals surface area contributed by atoms with Crippen molar-refractivity contribution >= 4 is 40.5 Å². The molecule has 0 aliphatic carbocycles. The molecule has 0 amide bonds. The van der Waals surface area contributed by atoms with E-state index in [-0.39, 0.29) is 22.7 Å². The molecule has 3 aromatic carbocycles. The van der Waals surface area contributed by atoms with Crippen LogP contribution in [0.5, 0.6) is 0 Å². The predicted molar refractivity (Wildman–Crippen MR) is 157 cm³/mol. The van der Waals surface area contributed by atoms with Gasteiger partial charge >= 0.3 is 0 Å². The summed E-state index contributed by atoms with van der Waals surface area (Å²) >= 11 is 7.42. The first-order valence-electron chi connectivity index (χ1n) is 12.3. The van der Waals surface area contributed by atoms with Gasteiger partial charge in [-0.3, -0.25) is 15.1 Å². The van der Waals surface area contributed by atoms with Gasteiger partial charge in [0.1, 0.15) is 0 Å². The van der Waals surface area contributed by atoms with E-state index in [4.69, 9.17) is 12.2 Å². The van der Waals surface area contributed by atoms with E-state index in [1.54, 1.807) is 30.1 Å². The molecule has 192 valence electrons. The molecule has 0 bridgehead atoms. The largest absolute Gasteiger partial charge is 0.351 e. The van der Waals surface area contributed by atoms with Crippen molar-refractivity contribution < 1.29 is 4.92 Å². The maximum atomic E-state index is 10.9. The number of nitrogens with one attached hydrogen (secondary N) is 1. The summed E-state index contributed by atoms with van der Waals surface area (Å²) in [6.45, 7) is 0. The van der Waals surface area contributed by atoms with Crippen molar-refractivity contribution in [1.82, 2.24) is 14.9 Å². The lowest BCUT2D eigenvalue weighted by atomic mass is 9.98. The molecule has 1 fully saturated rings. The molecule has 2 aromatic heterocycles. The molecular formula is C30H23N5O2S2. The van der Waals surface area contributed by atoms with Gasteiger partial charge in [-0.15, -0.1) is 0 Å². The van der Waals surface area contributed by atoms with E-state index in [0.717, 1.165) is 32.4 Å². The van der Waals surface area contributed by atoms with Gasteiger partial charge in [-0.25, -0.2) is 0 Å². The Morgan fingerprint density at radius 3 is 2.21 bits per heavy atom. The summed E-state index contributed by atoms with van der Waals surface area (Å²) in [4.78, 5) is 19.3. The van der Waals surface area contributed by atoms with Gasteiger partial charge < -0.3 is 14.8 Å². The minimum absolute atomic E-state index is 0.0827. The third-order valence-corrected chi connectivity index (χ3v) is 7.94. The highest BCUT2D eigenvalue weighted by atomic mass is 32.2. The van der Waals surface area contributed by atoms with Crippen LogP contribution in [-0.2, 0) is 0 Å². The first kappa shape index (κ1) is 24.8. The van der Waals surface area contributed by atoms with Crippen LogP contribution in [0, 0.1) is 10.1 Å². The molecule has 0 radical (unpaired) electrons. The summed E-state index contributed by atoms with van der Waals surface area (Å²) in [5.41, 5.74) is 4.18. The van der Waals surface area contributed by atoms with Crippen LogP contribution in [0.1, 0.15) is 23.3 Å². The normalized spacial score (nSPS) is 16.7. The number of hydrogen-bond acceptors (Lipinski definition) is 5. The summed E-state index contributed by atoms with van der Waals surface area (Å²) in [5.74, 6) is 0. The predicted octanol–water partition coefficient (Wildman–Crippen LogP) is 7.11. The van der Waals surface area contributed by atoms with Crippen LogP contribution in [0.2, 0.25) is 0 Å². The van der Waals surface area contributed by atoms with Gasteiger partial charge in [-0.2, -0.15) is 0 Å². The molecule has 1 saturated heterocycles. The summed E-state index contributed by atoms with van der Waals surface area (Å²) in [6, 6.07) is 32.8. The van der Waals surface area contributed by atoms with Crippen LogP contribution in [0.15, 0.2) is 132 Å². The number of hydrogen-bond donors (Lipinski definition) is 1. The van der Waals surface area contributed by atoms with Gasteiger partial charge in [0.2, 0.25) is 0 Å². The van der Waals surface area contributed by atoms with E-state index in [1.807, 2.05) is 48.5 Å². The fourth-order valence-electron chi connectivity index (χ4n) is 4.77. The zero-order valence-corrected chi connectivity index (χ0v) is 22.3. The third kappa shape index (κ3) is 5.14. The van der Waals surface area contributed by atoms with Crippen molar-refractivity contribution in [2.45, 2.75) is 21.9 Å². The minimum Gasteiger partial charge on any atom is -0.351 e. The number of pyridine rings is 1. The summed E-state index contributed by atoms with van der Waals surface area (Å²) < 4.78 is 2.12. The fourth-order valence-corrected chi connectivity index (χ4v) is 5.93. The number of nitrogens with zero attached hydrogens (tertiary/aromatic N) is 4. The number of thiocarbonyl (C=S) groups is 1. The maximum Gasteiger partial charge on any atom is 0.269 e. The molecule has 0 spiro atoms. The molecule has 3 heterocycles. The number of nitro benzene ring substituents is 1. The van der Waals surface area contributed by atoms with Crippen molar-refractivity contribution in [1.29, 1.82) is 0 Å². The summed E-state index contributed by atoms with van der Waals surface area (Å²) in [6.07, 6.45) is 6.03. The highest BCUT2D eigenvalue weighted by molar-refractivity contribution is 7.99. The number of nitro groups is 1. The lowest BCUT2D eigenvalue weighted by molar-refractivity contribution is -0.384. The Labute approximate surface area is 235 Å². The van der Waals surface area contributed by atoms with E-state index >= 15 is 0 Å². The Bertz CT molecular complexity index is 1610. The molecule has 5 aromatic rings. The molecule has 0 saturated carbocycles. The van der Waals surface area contributed by atoms with Crippen molar-refractivity contribution in [2.24, 2.45) is 0 Å². The Morgan fingerprint density at radius 2 is 1.54 bits per heavy atom. The Hall–Kier alpha value is -4.47. The number of non-ortho nitro benzene ring substituents is 1. The lowest BCUT2D eigenvalue weighted by Crippen LogP contribution is -2.29. The van der Waals surface area contributed by atoms with Gasteiger partial charge in [0, 0.05) is 51.9 Å². The summed E-state index contributed by atoms with van der Waals surface area (Å²) in [7, 11) is 0. The fraction of sp³-hybridized carbons (Fsp3) is 0.0667. The molecule has 0 unspecified atom stereocenters. The van der Waals surface area contributed by atoms with Crippen LogP contribution in [0.3, 0.4) is 0 Å². The molecule has 1 N–H and O–H groups in total. The van der Waals surface area contributed by atoms with Crippen molar-refractivity contribution in [2.75, 3.05) is 4.90 Å². The standard InChI is InChI=1S/C30H23N5O2S2/c36-35(37)24-11-15-26(16-12-24)39-25-13-9-23(10-14-25)34-29(28(32-30(34)38)27-8-4-5-18-31-27)21-17-19-33(20-21)22-6-2-1-3-7-22/h1-20,28-29H,(H,32,38)/t28-,29-/m0/s1. The van der Waals surface area contributed by atoms with Gasteiger partial charge in [0.05, 0.1) is 22.7 Å². The molecule has 2 atom stereocenters. The smallest absolute Gasteiger partial charge is 0.269 e. The first-order chi connectivity index (χ1) is 19.1. The van der Waals surface area contributed by atoms with Gasteiger partial charge in [0.15, 0.2) is 5.11 Å². The van der Waals surface area contributed by atoms with E-state index in [2.05, 4.69) is 62.5 Å². The zero-order chi connectivity index (χ0) is 26.8. The van der Waals surface area contributed by atoms with Crippen LogP contribution < -0.4 is 10.2 Å². The van der Waals surface area contributed by atoms with Crippen molar-refractivity contribution in [3.63, 3.8) is 0 Å². The molecule has 1 aliphatic heterocycles. The van der Waals surface area contributed by atoms with E-state index in [1.165, 1.54) is 12.1 Å². The number of para-hydroxylation sites is 1. The molecule has 6 rings (SSSR count). The Balaban J connectivity index is 1.31. The van der Waals surface area contributed by atoms with Crippen LogP contribution in [0.4, 0.5) is 11.4 Å². The maximum absolute atomic E-state index is 10.9. The first-order valence-corrected chi connectivity index (χ1v) is 13.6. The second kappa shape index (κ2) is 10.7. The highest BCUT2D eigenvalue weighted by Crippen LogP contribution is 2.42. The third-order valence-electron chi connectivity index (χ3n) is 6.61. The number of anilines is 1. The van der Waals surface area contributed by atoms with E-state index < -0.39 is 0 Å². The van der Waals surface area contributed by atoms with Crippen LogP contribution >= 0.6 is 24.0 Å². The van der Waals surface area contributed by atoms with Gasteiger partial charge in [-0.05, 0) is 84.5 Å². The zero-order valence-electron chi connectivity index (χ0n) is 20.6. The topological polar surface area (TPSA) is 76.2 Å². The second-order valence-electron chi connectivity index (χ2n) is 9.03. The van der Waals surface area contributed by atoms with Gasteiger partial charge in [-0.1, -0.05) is 36.0 Å². The lowest BCUT2D eigenvalue weighted by Gasteiger charge is -2.27. The Kier molecular flexibility index (Phi) is 6.83. The second-order valence-corrected chi connectivity index (χ2v) is 10.6. The monoisotopic (exact) mass is 549 g/mol. The van der Waals surface area contributed by atoms with Crippen LogP contribution in [0.25, 0.3) is 5.69 Å². The van der Waals surface area contributed by atoms with Crippen molar-refractivity contribution in [3.05, 3.63) is 143 Å². The number of rotatable bonds is 7. The quantitative estimate of drug-likeness (QED) is 0.132. The number of aromatic nitrogens is 2. The van der Waals surface area contributed by atoms with E-state index in [0.29, 0.717) is 5.11 Å². The molecular weight excluding hydrogens is 526 g/mol. The minimum atomic E-state index is -0.390. The molecule has 1 aliphatic rings. The number of benzene rings is 3. The average Bonchev–Trinajstić information content (AvgIpc) is 3.59. The summed E-state index contributed by atoms with van der Waals surface area (Å²) in [5, 5.41) is 15.1. The molecule has 9 heteroatoms. The Morgan fingerprint density at radius 1 is 0.846 bits per heavy atom. The highest BCUT2D eigenvalue weighted by Gasteiger charge is 2.41. The molecule has 39 heavy (non-hydrogen) atoms. The van der Waals surface area contributed by atoms with Crippen LogP contribution in [-0.4, -0.2) is 19.6 Å². The SMILES string of the molecule is O=[N+]([O-])c1ccc(Sc2ccc(N3C(=S)N[C@@H](c4ccccn4)[C@@H]3c3ccn(-c4ccccc4)c3)cc2)cc1. The molecule has 7 nitrogen and oxygen atoms in total. The average molecular weight is 550 g/mol. The van der Waals surface area contributed by atoms with E-state index in [9.17, 15) is 10.1 Å². The van der Waals surface area contributed by atoms with Crippen molar-refractivity contribution in [3.8, 4) is 5.69 Å². The van der Waals surface area contributed by atoms with Gasteiger partial charge in [0.25, 0.3) is 5.69 Å².